The zero-order valence-corrected chi connectivity index (χ0v) is 10.2. The van der Waals surface area contributed by atoms with E-state index < -0.39 is 0 Å². The maximum atomic E-state index is 4.54. The predicted octanol–water partition coefficient (Wildman–Crippen LogP) is 3.66. The van der Waals surface area contributed by atoms with Crippen LogP contribution in [0.15, 0.2) is 23.6 Å². The molecule has 0 saturated carbocycles. The lowest BCUT2D eigenvalue weighted by atomic mass is 10.1. The van der Waals surface area contributed by atoms with Crippen molar-refractivity contribution in [2.75, 3.05) is 0 Å². The van der Waals surface area contributed by atoms with Crippen LogP contribution in [0.25, 0.3) is 0 Å². The minimum Gasteiger partial charge on any atom is -0.258 e. The van der Waals surface area contributed by atoms with Crippen LogP contribution in [0.3, 0.4) is 0 Å². The fraction of sp³-hybridized carbons (Fsp3) is 0.308. The molecule has 0 aliphatic carbocycles. The molecule has 0 fully saturated rings. The van der Waals surface area contributed by atoms with Gasteiger partial charge in [0.15, 0.2) is 0 Å². The number of thiophene rings is 1. The van der Waals surface area contributed by atoms with E-state index in [1.54, 1.807) is 11.3 Å². The van der Waals surface area contributed by atoms with E-state index >= 15 is 0 Å². The van der Waals surface area contributed by atoms with Gasteiger partial charge in [0, 0.05) is 22.7 Å². The zero-order valence-electron chi connectivity index (χ0n) is 9.37. The highest BCUT2D eigenvalue weighted by molar-refractivity contribution is 7.10. The fourth-order valence-corrected chi connectivity index (χ4v) is 2.52. The van der Waals surface area contributed by atoms with Crippen LogP contribution in [0, 0.1) is 20.8 Å². The second kappa shape index (κ2) is 4.15. The Balaban J connectivity index is 2.24. The van der Waals surface area contributed by atoms with Crippen molar-refractivity contribution in [1.29, 1.82) is 0 Å². The predicted molar refractivity (Wildman–Crippen MR) is 65.6 cm³/mol. The highest BCUT2D eigenvalue weighted by atomic mass is 32.1. The molecule has 2 heterocycles. The molecule has 0 aromatic carbocycles. The summed E-state index contributed by atoms with van der Waals surface area (Å²) >= 11 is 1.80. The highest BCUT2D eigenvalue weighted by Gasteiger charge is 2.01. The summed E-state index contributed by atoms with van der Waals surface area (Å²) in [5, 5.41) is 2.22. The topological polar surface area (TPSA) is 12.9 Å². The van der Waals surface area contributed by atoms with E-state index in [0.29, 0.717) is 0 Å². The Morgan fingerprint density at radius 1 is 1.13 bits per heavy atom. The first-order valence-corrected chi connectivity index (χ1v) is 5.99. The van der Waals surface area contributed by atoms with E-state index in [-0.39, 0.29) is 0 Å². The van der Waals surface area contributed by atoms with Gasteiger partial charge in [0.2, 0.25) is 0 Å². The molecule has 78 valence electrons. The average molecular weight is 217 g/mol. The molecule has 2 aromatic heterocycles. The van der Waals surface area contributed by atoms with Crippen molar-refractivity contribution in [3.63, 3.8) is 0 Å². The molecular formula is C13H15NS. The molecule has 2 heteroatoms. The number of aryl methyl sites for hydroxylation is 3. The zero-order chi connectivity index (χ0) is 10.8. The number of hydrogen-bond acceptors (Lipinski definition) is 2. The lowest BCUT2D eigenvalue weighted by Crippen LogP contribution is -1.94. The van der Waals surface area contributed by atoms with E-state index in [2.05, 4.69) is 49.3 Å². The quantitative estimate of drug-likeness (QED) is 0.748. The number of nitrogens with zero attached hydrogens (tertiary/aromatic N) is 1. The van der Waals surface area contributed by atoms with Crippen molar-refractivity contribution < 1.29 is 0 Å². The van der Waals surface area contributed by atoms with Crippen LogP contribution in [-0.2, 0) is 6.42 Å². The third kappa shape index (κ3) is 2.66. The largest absolute Gasteiger partial charge is 0.258 e. The van der Waals surface area contributed by atoms with Crippen LogP contribution in [0.1, 0.15) is 27.4 Å². The van der Waals surface area contributed by atoms with Gasteiger partial charge in [-0.1, -0.05) is 0 Å². The van der Waals surface area contributed by atoms with Crippen LogP contribution in [-0.4, -0.2) is 4.98 Å². The number of hydrogen-bond donors (Lipinski definition) is 0. The van der Waals surface area contributed by atoms with Gasteiger partial charge in [0.1, 0.15) is 0 Å². The van der Waals surface area contributed by atoms with Crippen molar-refractivity contribution in [2.45, 2.75) is 27.2 Å². The number of rotatable bonds is 2. The monoisotopic (exact) mass is 217 g/mol. The maximum absolute atomic E-state index is 4.54. The Hall–Kier alpha value is -1.15. The summed E-state index contributed by atoms with van der Waals surface area (Å²) < 4.78 is 0. The normalized spacial score (nSPS) is 10.6. The Bertz CT molecular complexity index is 451. The lowest BCUT2D eigenvalue weighted by Gasteiger charge is -2.02. The maximum Gasteiger partial charge on any atom is 0.0453 e. The first kappa shape index (κ1) is 10.4. The Labute approximate surface area is 94.8 Å². The molecule has 0 spiro atoms. The summed E-state index contributed by atoms with van der Waals surface area (Å²) in [4.78, 5) is 5.91. The smallest absolute Gasteiger partial charge is 0.0453 e. The second-order valence-corrected chi connectivity index (χ2v) is 5.13. The van der Waals surface area contributed by atoms with Gasteiger partial charge in [0.05, 0.1) is 0 Å². The molecule has 1 nitrogen and oxygen atoms in total. The molecule has 0 atom stereocenters. The summed E-state index contributed by atoms with van der Waals surface area (Å²) in [5.41, 5.74) is 4.95. The van der Waals surface area contributed by atoms with Crippen molar-refractivity contribution >= 4 is 11.3 Å². The van der Waals surface area contributed by atoms with E-state index in [1.165, 1.54) is 21.7 Å². The number of pyridine rings is 1. The minimum atomic E-state index is 0.951. The van der Waals surface area contributed by atoms with Gasteiger partial charge in [-0.2, -0.15) is 0 Å². The van der Waals surface area contributed by atoms with Gasteiger partial charge < -0.3 is 0 Å². The summed E-state index contributed by atoms with van der Waals surface area (Å²) in [7, 11) is 0. The molecule has 2 aromatic rings. The van der Waals surface area contributed by atoms with E-state index in [0.717, 1.165) is 12.1 Å². The van der Waals surface area contributed by atoms with Crippen molar-refractivity contribution in [3.05, 3.63) is 51.0 Å². The molecule has 0 unspecified atom stereocenters. The van der Waals surface area contributed by atoms with Gasteiger partial charge in [-0.15, -0.1) is 11.3 Å². The molecule has 0 amide bonds. The fourth-order valence-electron chi connectivity index (χ4n) is 1.82. The summed E-state index contributed by atoms with van der Waals surface area (Å²) in [6, 6.07) is 6.52. The third-order valence-corrected chi connectivity index (χ3v) is 3.23. The Morgan fingerprint density at radius 2 is 1.93 bits per heavy atom. The van der Waals surface area contributed by atoms with Gasteiger partial charge >= 0.3 is 0 Å². The molecule has 2 rings (SSSR count). The van der Waals surface area contributed by atoms with Crippen LogP contribution >= 0.6 is 11.3 Å². The number of aromatic nitrogens is 1. The summed E-state index contributed by atoms with van der Waals surface area (Å²) in [6.45, 7) is 6.31. The van der Waals surface area contributed by atoms with Crippen molar-refractivity contribution in [2.24, 2.45) is 0 Å². The first-order chi connectivity index (χ1) is 7.13. The van der Waals surface area contributed by atoms with Crippen LogP contribution in [0.5, 0.6) is 0 Å². The standard InChI is InChI=1S/C13H15NS/c1-9-4-10(2)14-13(5-9)7-12-6-11(3)15-8-12/h4-6,8H,7H2,1-3H3. The first-order valence-electron chi connectivity index (χ1n) is 5.11. The molecule has 15 heavy (non-hydrogen) atoms. The van der Waals surface area contributed by atoms with Crippen LogP contribution in [0.2, 0.25) is 0 Å². The molecule has 0 aliphatic rings. The summed E-state index contributed by atoms with van der Waals surface area (Å²) in [6.07, 6.45) is 0.951. The van der Waals surface area contributed by atoms with Crippen molar-refractivity contribution in [3.8, 4) is 0 Å². The van der Waals surface area contributed by atoms with Gasteiger partial charge in [-0.05, 0) is 55.5 Å². The Morgan fingerprint density at radius 3 is 2.53 bits per heavy atom. The molecular weight excluding hydrogens is 202 g/mol. The highest BCUT2D eigenvalue weighted by Crippen LogP contribution is 2.17. The third-order valence-electron chi connectivity index (χ3n) is 2.32. The lowest BCUT2D eigenvalue weighted by molar-refractivity contribution is 1.03. The van der Waals surface area contributed by atoms with Gasteiger partial charge in [0.25, 0.3) is 0 Å². The molecule has 0 bridgehead atoms. The second-order valence-electron chi connectivity index (χ2n) is 4.02. The molecule has 0 aliphatic heterocycles. The van der Waals surface area contributed by atoms with E-state index in [1.807, 2.05) is 0 Å². The average Bonchev–Trinajstić information content (AvgIpc) is 2.49. The van der Waals surface area contributed by atoms with Crippen LogP contribution < -0.4 is 0 Å². The van der Waals surface area contributed by atoms with Crippen LogP contribution in [0.4, 0.5) is 0 Å². The molecule has 0 radical (unpaired) electrons. The van der Waals surface area contributed by atoms with E-state index in [4.69, 9.17) is 0 Å². The Kier molecular flexibility index (Phi) is 2.87. The van der Waals surface area contributed by atoms with E-state index in [9.17, 15) is 0 Å². The van der Waals surface area contributed by atoms with Gasteiger partial charge in [-0.3, -0.25) is 4.98 Å². The molecule has 0 saturated heterocycles. The SMILES string of the molecule is Cc1cc(C)nc(Cc2csc(C)c2)c1. The van der Waals surface area contributed by atoms with Gasteiger partial charge in [-0.25, -0.2) is 0 Å². The summed E-state index contributed by atoms with van der Waals surface area (Å²) in [5.74, 6) is 0. The molecule has 0 N–H and O–H groups in total. The van der Waals surface area contributed by atoms with Crippen molar-refractivity contribution in [1.82, 2.24) is 4.98 Å². The minimum absolute atomic E-state index is 0.951.